The second-order valence-electron chi connectivity index (χ2n) is 6.61. The van der Waals surface area contributed by atoms with Crippen molar-refractivity contribution < 1.29 is 0 Å². The van der Waals surface area contributed by atoms with Gasteiger partial charge >= 0.3 is 0 Å². The summed E-state index contributed by atoms with van der Waals surface area (Å²) in [7, 11) is 0. The Labute approximate surface area is 109 Å². The number of nitrogens with one attached hydrogen (secondary N) is 1. The van der Waals surface area contributed by atoms with E-state index < -0.39 is 0 Å². The lowest BCUT2D eigenvalue weighted by atomic mass is 9.74. The largest absolute Gasteiger partial charge is 0.311 e. The van der Waals surface area contributed by atoms with Gasteiger partial charge in [-0.3, -0.25) is 0 Å². The van der Waals surface area contributed by atoms with Gasteiger partial charge in [0.15, 0.2) is 0 Å². The molecule has 0 saturated heterocycles. The van der Waals surface area contributed by atoms with E-state index in [1.807, 2.05) is 0 Å². The maximum Gasteiger partial charge on any atom is 0.00979 e. The molecule has 0 aliphatic heterocycles. The molecule has 4 atom stereocenters. The van der Waals surface area contributed by atoms with Crippen molar-refractivity contribution in [1.29, 1.82) is 0 Å². The van der Waals surface area contributed by atoms with Crippen molar-refractivity contribution in [3.63, 3.8) is 0 Å². The van der Waals surface area contributed by atoms with Gasteiger partial charge in [-0.25, -0.2) is 0 Å². The average Bonchev–Trinajstić information content (AvgIpc) is 2.29. The van der Waals surface area contributed by atoms with Gasteiger partial charge in [-0.2, -0.15) is 0 Å². The molecule has 17 heavy (non-hydrogen) atoms. The Morgan fingerprint density at radius 1 is 1.18 bits per heavy atom. The van der Waals surface area contributed by atoms with E-state index >= 15 is 0 Å². The van der Waals surface area contributed by atoms with Crippen molar-refractivity contribution in [3.05, 3.63) is 0 Å². The van der Waals surface area contributed by atoms with Crippen LogP contribution in [0.5, 0.6) is 0 Å². The smallest absolute Gasteiger partial charge is 0.00979 e. The minimum absolute atomic E-state index is 0.702. The van der Waals surface area contributed by atoms with Crippen LogP contribution in [0, 0.1) is 17.8 Å². The topological polar surface area (TPSA) is 12.0 Å². The first kappa shape index (κ1) is 15.0. The van der Waals surface area contributed by atoms with E-state index in [1.54, 1.807) is 0 Å². The molecule has 1 aliphatic carbocycles. The Kier molecular flexibility index (Phi) is 6.54. The Morgan fingerprint density at radius 2 is 1.88 bits per heavy atom. The first-order valence-corrected chi connectivity index (χ1v) is 7.80. The zero-order valence-electron chi connectivity index (χ0n) is 12.6. The fraction of sp³-hybridized carbons (Fsp3) is 1.00. The van der Waals surface area contributed by atoms with Crippen molar-refractivity contribution in [2.75, 3.05) is 0 Å². The highest BCUT2D eigenvalue weighted by molar-refractivity contribution is 4.85. The molecule has 0 heterocycles. The van der Waals surface area contributed by atoms with Crippen LogP contribution < -0.4 is 5.32 Å². The molecule has 1 aliphatic rings. The average molecular weight is 239 g/mol. The van der Waals surface area contributed by atoms with Gasteiger partial charge in [0, 0.05) is 12.1 Å². The molecule has 1 N–H and O–H groups in total. The van der Waals surface area contributed by atoms with Gasteiger partial charge in [-0.1, -0.05) is 40.5 Å². The van der Waals surface area contributed by atoms with E-state index in [9.17, 15) is 0 Å². The van der Waals surface area contributed by atoms with E-state index in [2.05, 4.69) is 39.9 Å². The monoisotopic (exact) mass is 239 g/mol. The molecule has 1 saturated carbocycles. The van der Waals surface area contributed by atoms with Gasteiger partial charge in [-0.05, 0) is 50.4 Å². The van der Waals surface area contributed by atoms with Crippen LogP contribution >= 0.6 is 0 Å². The summed E-state index contributed by atoms with van der Waals surface area (Å²) >= 11 is 0. The third-order valence-corrected chi connectivity index (χ3v) is 4.67. The van der Waals surface area contributed by atoms with Crippen LogP contribution in [-0.2, 0) is 0 Å². The second kappa shape index (κ2) is 7.41. The summed E-state index contributed by atoms with van der Waals surface area (Å²) in [5.74, 6) is 2.67. The number of hydrogen-bond acceptors (Lipinski definition) is 1. The van der Waals surface area contributed by atoms with Gasteiger partial charge in [-0.15, -0.1) is 0 Å². The van der Waals surface area contributed by atoms with E-state index in [1.165, 1.54) is 38.5 Å². The Morgan fingerprint density at radius 3 is 2.47 bits per heavy atom. The lowest BCUT2D eigenvalue weighted by Crippen LogP contribution is -2.45. The fourth-order valence-electron chi connectivity index (χ4n) is 3.15. The fourth-order valence-corrected chi connectivity index (χ4v) is 3.15. The van der Waals surface area contributed by atoms with Crippen molar-refractivity contribution >= 4 is 0 Å². The lowest BCUT2D eigenvalue weighted by Gasteiger charge is -2.38. The molecule has 102 valence electrons. The molecule has 0 aromatic carbocycles. The first-order chi connectivity index (χ1) is 8.04. The number of rotatable bonds is 6. The minimum Gasteiger partial charge on any atom is -0.311 e. The van der Waals surface area contributed by atoms with Crippen molar-refractivity contribution in [2.24, 2.45) is 17.8 Å². The number of unbranched alkanes of at least 4 members (excludes halogenated alkanes) is 1. The van der Waals surface area contributed by atoms with Gasteiger partial charge in [0.2, 0.25) is 0 Å². The summed E-state index contributed by atoms with van der Waals surface area (Å²) in [6.07, 6.45) is 8.28. The van der Waals surface area contributed by atoms with E-state index in [4.69, 9.17) is 0 Å². The summed E-state index contributed by atoms with van der Waals surface area (Å²) in [5, 5.41) is 3.89. The quantitative estimate of drug-likeness (QED) is 0.713. The van der Waals surface area contributed by atoms with E-state index in [-0.39, 0.29) is 0 Å². The van der Waals surface area contributed by atoms with E-state index in [0.717, 1.165) is 23.8 Å². The van der Waals surface area contributed by atoms with Crippen LogP contribution in [0.4, 0.5) is 0 Å². The molecule has 0 bridgehead atoms. The zero-order valence-corrected chi connectivity index (χ0v) is 12.6. The standard InChI is InChI=1S/C16H33N/c1-6-7-8-14(5)17-16-11-15(12(2)3)10-9-13(16)4/h12-17H,6-11H2,1-5H3. The highest BCUT2D eigenvalue weighted by atomic mass is 15.0. The second-order valence-corrected chi connectivity index (χ2v) is 6.61. The summed E-state index contributed by atoms with van der Waals surface area (Å²) in [4.78, 5) is 0. The van der Waals surface area contributed by atoms with Crippen LogP contribution in [-0.4, -0.2) is 12.1 Å². The predicted molar refractivity (Wildman–Crippen MR) is 77.3 cm³/mol. The Bertz CT molecular complexity index is 200. The SMILES string of the molecule is CCCCC(C)NC1CC(C(C)C)CCC1C. The third kappa shape index (κ3) is 4.99. The molecule has 1 fully saturated rings. The third-order valence-electron chi connectivity index (χ3n) is 4.67. The summed E-state index contributed by atoms with van der Waals surface area (Å²) in [5.41, 5.74) is 0. The highest BCUT2D eigenvalue weighted by Gasteiger charge is 2.29. The normalized spacial score (nSPS) is 31.8. The molecular weight excluding hydrogens is 206 g/mol. The molecule has 0 radical (unpaired) electrons. The molecule has 0 aromatic rings. The van der Waals surface area contributed by atoms with Crippen molar-refractivity contribution in [3.8, 4) is 0 Å². The number of hydrogen-bond donors (Lipinski definition) is 1. The van der Waals surface area contributed by atoms with Crippen LogP contribution in [0.25, 0.3) is 0 Å². The zero-order chi connectivity index (χ0) is 12.8. The summed E-state index contributed by atoms with van der Waals surface area (Å²) in [6, 6.07) is 1.47. The van der Waals surface area contributed by atoms with Crippen molar-refractivity contribution in [2.45, 2.75) is 85.2 Å². The summed E-state index contributed by atoms with van der Waals surface area (Å²) < 4.78 is 0. The summed E-state index contributed by atoms with van der Waals surface area (Å²) in [6.45, 7) is 11.9. The van der Waals surface area contributed by atoms with Gasteiger partial charge < -0.3 is 5.32 Å². The van der Waals surface area contributed by atoms with Crippen LogP contribution in [0.1, 0.15) is 73.1 Å². The van der Waals surface area contributed by atoms with Gasteiger partial charge in [0.05, 0.1) is 0 Å². The molecule has 0 spiro atoms. The van der Waals surface area contributed by atoms with Crippen molar-refractivity contribution in [1.82, 2.24) is 5.32 Å². The first-order valence-electron chi connectivity index (χ1n) is 7.80. The molecule has 4 unspecified atom stereocenters. The van der Waals surface area contributed by atoms with Crippen LogP contribution in [0.2, 0.25) is 0 Å². The highest BCUT2D eigenvalue weighted by Crippen LogP contribution is 2.33. The molecule has 0 aromatic heterocycles. The maximum absolute atomic E-state index is 3.89. The maximum atomic E-state index is 3.89. The van der Waals surface area contributed by atoms with Gasteiger partial charge in [0.1, 0.15) is 0 Å². The Hall–Kier alpha value is -0.0400. The van der Waals surface area contributed by atoms with Gasteiger partial charge in [0.25, 0.3) is 0 Å². The Balaban J connectivity index is 2.38. The van der Waals surface area contributed by atoms with E-state index in [0.29, 0.717) is 6.04 Å². The minimum atomic E-state index is 0.702. The molecule has 1 rings (SSSR count). The molecule has 1 heteroatoms. The van der Waals surface area contributed by atoms with Crippen LogP contribution in [0.15, 0.2) is 0 Å². The molecule has 1 nitrogen and oxygen atoms in total. The molecule has 0 amide bonds. The van der Waals surface area contributed by atoms with Crippen LogP contribution in [0.3, 0.4) is 0 Å². The molecular formula is C16H33N. The predicted octanol–water partition coefficient (Wildman–Crippen LogP) is 4.62. The lowest BCUT2D eigenvalue weighted by molar-refractivity contribution is 0.170.